The molecule has 0 spiro atoms. The lowest BCUT2D eigenvalue weighted by atomic mass is 10.5. The van der Waals surface area contributed by atoms with Crippen molar-refractivity contribution in [2.24, 2.45) is 4.99 Å². The number of isocyanates is 1. The summed E-state index contributed by atoms with van der Waals surface area (Å²) in [6.07, 6.45) is 1.40. The predicted molar refractivity (Wildman–Crippen MR) is 49.4 cm³/mol. The summed E-state index contributed by atoms with van der Waals surface area (Å²) >= 11 is 0. The van der Waals surface area contributed by atoms with Gasteiger partial charge in [0.15, 0.2) is 0 Å². The lowest BCUT2D eigenvalue weighted by Gasteiger charge is -2.21. The first kappa shape index (κ1) is 13.1. The lowest BCUT2D eigenvalue weighted by Crippen LogP contribution is -2.51. The molecule has 0 N–H and O–H groups in total. The summed E-state index contributed by atoms with van der Waals surface area (Å²) in [4.78, 5) is 24.5. The fourth-order valence-corrected chi connectivity index (χ4v) is 2.55. The molecule has 0 saturated carbocycles. The number of aliphatic imine (C=N–C) groups is 1. The Morgan fingerprint density at radius 2 is 1.79 bits per heavy atom. The normalized spacial score (nSPS) is 10.8. The van der Waals surface area contributed by atoms with Crippen molar-refractivity contribution >= 4 is 20.3 Å². The van der Waals surface area contributed by atoms with Crippen molar-refractivity contribution < 1.29 is 22.9 Å². The van der Waals surface area contributed by atoms with Gasteiger partial charge >= 0.3 is 8.80 Å². The van der Waals surface area contributed by atoms with Crippen LogP contribution in [0.3, 0.4) is 0 Å². The highest BCUT2D eigenvalue weighted by Gasteiger charge is 2.46. The smallest absolute Gasteiger partial charge is 0.372 e. The average molecular weight is 219 g/mol. The van der Waals surface area contributed by atoms with Crippen molar-refractivity contribution in [1.29, 1.82) is 0 Å². The molecule has 80 valence electrons. The van der Waals surface area contributed by atoms with Crippen molar-refractivity contribution in [2.45, 2.75) is 6.42 Å². The van der Waals surface area contributed by atoms with E-state index in [0.717, 1.165) is 0 Å². The number of nitrogens with zero attached hydrogens (tertiary/aromatic N) is 1. The molecule has 0 bridgehead atoms. The highest BCUT2D eigenvalue weighted by molar-refractivity contribution is 6.92. The first-order valence-electron chi connectivity index (χ1n) is 3.89. The van der Waals surface area contributed by atoms with E-state index in [9.17, 15) is 9.59 Å². The summed E-state index contributed by atoms with van der Waals surface area (Å²) in [5.41, 5.74) is 0. The number of hydrogen-bond donors (Lipinski definition) is 0. The van der Waals surface area contributed by atoms with Crippen LogP contribution >= 0.6 is 0 Å². The third-order valence-electron chi connectivity index (χ3n) is 1.66. The van der Waals surface area contributed by atoms with Crippen LogP contribution in [0.25, 0.3) is 0 Å². The van der Waals surface area contributed by atoms with Gasteiger partial charge in [-0.05, 0) is 0 Å². The van der Waals surface area contributed by atoms with Crippen molar-refractivity contribution in [3.8, 4) is 0 Å². The second-order valence-electron chi connectivity index (χ2n) is 2.31. The summed E-state index contributed by atoms with van der Waals surface area (Å²) in [7, 11) is 0.843. The average Bonchev–Trinajstić information content (AvgIpc) is 2.22. The molecule has 0 radical (unpaired) electrons. The molecule has 0 aliphatic rings. The van der Waals surface area contributed by atoms with Gasteiger partial charge in [-0.25, -0.2) is 9.79 Å². The largest absolute Gasteiger partial charge is 0.574 e. The van der Waals surface area contributed by atoms with Crippen LogP contribution in [-0.4, -0.2) is 48.2 Å². The molecule has 7 heteroatoms. The first-order chi connectivity index (χ1) is 6.66. The van der Waals surface area contributed by atoms with E-state index in [-0.39, 0.29) is 18.4 Å². The molecule has 0 aromatic rings. The van der Waals surface area contributed by atoms with E-state index in [1.807, 2.05) is 0 Å². The molecule has 0 atom stereocenters. The van der Waals surface area contributed by atoms with Crippen LogP contribution in [0.15, 0.2) is 4.99 Å². The minimum absolute atomic E-state index is 0.0526. The monoisotopic (exact) mass is 219 g/mol. The maximum atomic E-state index is 11.5. The zero-order valence-corrected chi connectivity index (χ0v) is 9.40. The van der Waals surface area contributed by atoms with Gasteiger partial charge < -0.3 is 13.3 Å². The molecular formula is C7H13NO5Si. The lowest BCUT2D eigenvalue weighted by molar-refractivity contribution is -0.118. The Hall–Kier alpha value is -0.853. The van der Waals surface area contributed by atoms with E-state index >= 15 is 0 Å². The van der Waals surface area contributed by atoms with E-state index in [1.165, 1.54) is 27.4 Å². The van der Waals surface area contributed by atoms with Crippen molar-refractivity contribution in [3.63, 3.8) is 0 Å². The van der Waals surface area contributed by atoms with Gasteiger partial charge in [-0.2, -0.15) is 0 Å². The second kappa shape index (κ2) is 6.58. The van der Waals surface area contributed by atoms with Crippen LogP contribution < -0.4 is 0 Å². The zero-order valence-electron chi connectivity index (χ0n) is 8.40. The molecule has 0 amide bonds. The Balaban J connectivity index is 4.36. The van der Waals surface area contributed by atoms with Gasteiger partial charge in [-0.3, -0.25) is 4.79 Å². The van der Waals surface area contributed by atoms with E-state index in [0.29, 0.717) is 0 Å². The topological polar surface area (TPSA) is 74.2 Å². The Kier molecular flexibility index (Phi) is 6.18. The van der Waals surface area contributed by atoms with E-state index in [2.05, 4.69) is 4.99 Å². The van der Waals surface area contributed by atoms with Crippen molar-refractivity contribution in [1.82, 2.24) is 0 Å². The van der Waals surface area contributed by atoms with Gasteiger partial charge in [0.05, 0.1) is 6.54 Å². The molecular weight excluding hydrogens is 206 g/mol. The van der Waals surface area contributed by atoms with Crippen molar-refractivity contribution in [2.75, 3.05) is 27.9 Å². The predicted octanol–water partition coefficient (Wildman–Crippen LogP) is -0.301. The second-order valence-corrected chi connectivity index (χ2v) is 5.21. The fraction of sp³-hybridized carbons (Fsp3) is 0.714. The van der Waals surface area contributed by atoms with Crippen LogP contribution in [-0.2, 0) is 22.9 Å². The maximum Gasteiger partial charge on any atom is 0.574 e. The van der Waals surface area contributed by atoms with Crippen LogP contribution in [0, 0.1) is 0 Å². The molecule has 0 saturated heterocycles. The molecule has 0 aliphatic carbocycles. The van der Waals surface area contributed by atoms with Gasteiger partial charge in [0.25, 0.3) is 0 Å². The van der Waals surface area contributed by atoms with Crippen LogP contribution in [0.5, 0.6) is 0 Å². The maximum absolute atomic E-state index is 11.5. The van der Waals surface area contributed by atoms with Gasteiger partial charge in [0.2, 0.25) is 11.5 Å². The molecule has 0 aromatic heterocycles. The molecule has 0 fully saturated rings. The molecule has 0 heterocycles. The van der Waals surface area contributed by atoms with Gasteiger partial charge in [0, 0.05) is 27.8 Å². The zero-order chi connectivity index (χ0) is 11.0. The Morgan fingerprint density at radius 3 is 2.14 bits per heavy atom. The summed E-state index contributed by atoms with van der Waals surface area (Å²) in [5, 5.41) is -0.302. The summed E-state index contributed by atoms with van der Waals surface area (Å²) < 4.78 is 14.8. The molecule has 0 aliphatic heterocycles. The molecule has 0 rings (SSSR count). The summed E-state index contributed by atoms with van der Waals surface area (Å²) in [6.45, 7) is 0.0766. The third-order valence-corrected chi connectivity index (χ3v) is 4.21. The Labute approximate surface area is 83.2 Å². The standard InChI is InChI=1S/C7H13NO5Si/c1-11-14(12-2,13-3)7(10)4-5-8-6-9/h4-5H2,1-3H3. The molecule has 6 nitrogen and oxygen atoms in total. The molecule has 14 heavy (non-hydrogen) atoms. The number of carbonyl (C=O) groups is 1. The van der Waals surface area contributed by atoms with E-state index in [4.69, 9.17) is 13.3 Å². The Bertz CT molecular complexity index is 226. The Morgan fingerprint density at radius 1 is 1.29 bits per heavy atom. The van der Waals surface area contributed by atoms with Crippen LogP contribution in [0.2, 0.25) is 0 Å². The summed E-state index contributed by atoms with van der Waals surface area (Å²) in [5.74, 6) is 0. The molecule has 0 unspecified atom stereocenters. The minimum atomic E-state index is -3.20. The quantitative estimate of drug-likeness (QED) is 0.334. The number of carbonyl (C=O) groups excluding carboxylic acids is 2. The molecule has 0 aromatic carbocycles. The highest BCUT2D eigenvalue weighted by atomic mass is 28.4. The van der Waals surface area contributed by atoms with Crippen molar-refractivity contribution in [3.05, 3.63) is 0 Å². The van der Waals surface area contributed by atoms with Crippen LogP contribution in [0.1, 0.15) is 6.42 Å². The minimum Gasteiger partial charge on any atom is -0.372 e. The SMILES string of the molecule is CO[Si](OC)(OC)C(=O)CCN=C=O. The van der Waals surface area contributed by atoms with Crippen LogP contribution in [0.4, 0.5) is 0 Å². The number of rotatable bonds is 7. The highest BCUT2D eigenvalue weighted by Crippen LogP contribution is 2.09. The third kappa shape index (κ3) is 3.13. The first-order valence-corrected chi connectivity index (χ1v) is 5.61. The van der Waals surface area contributed by atoms with Gasteiger partial charge in [-0.1, -0.05) is 0 Å². The number of hydrogen-bond acceptors (Lipinski definition) is 6. The van der Waals surface area contributed by atoms with E-state index < -0.39 is 8.80 Å². The van der Waals surface area contributed by atoms with Gasteiger partial charge in [-0.15, -0.1) is 0 Å². The fourth-order valence-electron chi connectivity index (χ4n) is 0.948. The van der Waals surface area contributed by atoms with E-state index in [1.54, 1.807) is 0 Å². The van der Waals surface area contributed by atoms with Gasteiger partial charge in [0.1, 0.15) is 0 Å². The summed E-state index contributed by atoms with van der Waals surface area (Å²) in [6, 6.07) is 0.